The number of aromatic nitrogens is 3. The highest BCUT2D eigenvalue weighted by Crippen LogP contribution is 2.15. The zero-order chi connectivity index (χ0) is 13.9. The standard InChI is InChI=1S/C15H15FN4/c16-12-5-2-1-4-11(12)7-9-20-14(10-17)19-13-6-3-8-18-15(13)20/h1-6,8H,7,9-10,17H2. The predicted octanol–water partition coefficient (Wildman–Crippen LogP) is 2.27. The van der Waals surface area contributed by atoms with Gasteiger partial charge in [0.15, 0.2) is 5.65 Å². The monoisotopic (exact) mass is 270 g/mol. The number of halogens is 1. The van der Waals surface area contributed by atoms with E-state index in [-0.39, 0.29) is 5.82 Å². The summed E-state index contributed by atoms with van der Waals surface area (Å²) in [5, 5.41) is 0. The Bertz CT molecular complexity index is 736. The highest BCUT2D eigenvalue weighted by Gasteiger charge is 2.10. The van der Waals surface area contributed by atoms with Gasteiger partial charge in [-0.3, -0.25) is 0 Å². The molecular formula is C15H15FN4. The van der Waals surface area contributed by atoms with Crippen LogP contribution in [0.1, 0.15) is 11.4 Å². The fourth-order valence-electron chi connectivity index (χ4n) is 2.33. The number of nitrogens with zero attached hydrogens (tertiary/aromatic N) is 3. The van der Waals surface area contributed by atoms with E-state index in [4.69, 9.17) is 5.73 Å². The summed E-state index contributed by atoms with van der Waals surface area (Å²) in [7, 11) is 0. The van der Waals surface area contributed by atoms with Crippen molar-refractivity contribution in [2.75, 3.05) is 0 Å². The van der Waals surface area contributed by atoms with E-state index in [1.54, 1.807) is 18.3 Å². The molecule has 0 amide bonds. The number of fused-ring (bicyclic) bond motifs is 1. The van der Waals surface area contributed by atoms with Crippen LogP contribution in [0, 0.1) is 5.82 Å². The molecule has 3 aromatic rings. The van der Waals surface area contributed by atoms with Crippen LogP contribution < -0.4 is 5.73 Å². The third kappa shape index (κ3) is 2.28. The zero-order valence-corrected chi connectivity index (χ0v) is 11.0. The van der Waals surface area contributed by atoms with Crippen LogP contribution in [-0.2, 0) is 19.5 Å². The Hall–Kier alpha value is -2.27. The second-order valence-corrected chi connectivity index (χ2v) is 4.57. The summed E-state index contributed by atoms with van der Waals surface area (Å²) in [6, 6.07) is 10.6. The van der Waals surface area contributed by atoms with Crippen molar-refractivity contribution >= 4 is 11.2 Å². The number of rotatable bonds is 4. The van der Waals surface area contributed by atoms with Crippen molar-refractivity contribution in [2.24, 2.45) is 5.73 Å². The fraction of sp³-hybridized carbons (Fsp3) is 0.200. The van der Waals surface area contributed by atoms with Gasteiger partial charge < -0.3 is 10.3 Å². The summed E-state index contributed by atoms with van der Waals surface area (Å²) in [6.07, 6.45) is 2.31. The topological polar surface area (TPSA) is 56.7 Å². The van der Waals surface area contributed by atoms with Gasteiger partial charge in [-0.25, -0.2) is 14.4 Å². The summed E-state index contributed by atoms with van der Waals surface area (Å²) < 4.78 is 15.6. The molecule has 20 heavy (non-hydrogen) atoms. The molecule has 0 bridgehead atoms. The van der Waals surface area contributed by atoms with E-state index in [1.807, 2.05) is 22.8 Å². The van der Waals surface area contributed by atoms with Crippen molar-refractivity contribution < 1.29 is 4.39 Å². The van der Waals surface area contributed by atoms with Crippen molar-refractivity contribution in [1.82, 2.24) is 14.5 Å². The Morgan fingerprint density at radius 2 is 2.00 bits per heavy atom. The largest absolute Gasteiger partial charge is 0.324 e. The average molecular weight is 270 g/mol. The molecule has 0 saturated heterocycles. The van der Waals surface area contributed by atoms with Gasteiger partial charge in [-0.15, -0.1) is 0 Å². The molecule has 4 nitrogen and oxygen atoms in total. The molecule has 5 heteroatoms. The van der Waals surface area contributed by atoms with E-state index in [2.05, 4.69) is 9.97 Å². The third-order valence-electron chi connectivity index (χ3n) is 3.33. The molecule has 0 aliphatic heterocycles. The number of nitrogens with two attached hydrogens (primary N) is 1. The van der Waals surface area contributed by atoms with Gasteiger partial charge in [-0.1, -0.05) is 18.2 Å². The molecule has 0 radical (unpaired) electrons. The molecule has 102 valence electrons. The summed E-state index contributed by atoms with van der Waals surface area (Å²) in [6.45, 7) is 0.953. The van der Waals surface area contributed by atoms with E-state index < -0.39 is 0 Å². The minimum Gasteiger partial charge on any atom is -0.324 e. The van der Waals surface area contributed by atoms with E-state index in [1.165, 1.54) is 6.07 Å². The van der Waals surface area contributed by atoms with Crippen LogP contribution in [0.3, 0.4) is 0 Å². The van der Waals surface area contributed by atoms with Crippen LogP contribution in [0.2, 0.25) is 0 Å². The molecule has 2 heterocycles. The molecule has 0 spiro atoms. The van der Waals surface area contributed by atoms with Crippen molar-refractivity contribution in [1.29, 1.82) is 0 Å². The normalized spacial score (nSPS) is 11.1. The van der Waals surface area contributed by atoms with Gasteiger partial charge in [0.1, 0.15) is 17.2 Å². The van der Waals surface area contributed by atoms with Gasteiger partial charge in [-0.05, 0) is 30.2 Å². The van der Waals surface area contributed by atoms with Gasteiger partial charge in [0.25, 0.3) is 0 Å². The molecule has 0 saturated carbocycles. The predicted molar refractivity (Wildman–Crippen MR) is 75.5 cm³/mol. The van der Waals surface area contributed by atoms with E-state index in [9.17, 15) is 4.39 Å². The first-order valence-corrected chi connectivity index (χ1v) is 6.53. The van der Waals surface area contributed by atoms with Crippen molar-refractivity contribution in [2.45, 2.75) is 19.5 Å². The average Bonchev–Trinajstić information content (AvgIpc) is 2.84. The number of benzene rings is 1. The van der Waals surface area contributed by atoms with Crippen LogP contribution in [0.25, 0.3) is 11.2 Å². The number of aryl methyl sites for hydroxylation is 2. The lowest BCUT2D eigenvalue weighted by atomic mass is 10.1. The van der Waals surface area contributed by atoms with Gasteiger partial charge in [0.2, 0.25) is 0 Å². The molecule has 2 N–H and O–H groups in total. The van der Waals surface area contributed by atoms with Crippen LogP contribution in [0.4, 0.5) is 4.39 Å². The molecule has 2 aromatic heterocycles. The first-order valence-electron chi connectivity index (χ1n) is 6.53. The first-order chi connectivity index (χ1) is 9.79. The van der Waals surface area contributed by atoms with Gasteiger partial charge >= 0.3 is 0 Å². The second-order valence-electron chi connectivity index (χ2n) is 4.57. The molecule has 3 rings (SSSR count). The number of hydrogen-bond donors (Lipinski definition) is 1. The lowest BCUT2D eigenvalue weighted by Crippen LogP contribution is -2.11. The number of imidazole rings is 1. The zero-order valence-electron chi connectivity index (χ0n) is 11.0. The van der Waals surface area contributed by atoms with Crippen LogP contribution >= 0.6 is 0 Å². The summed E-state index contributed by atoms with van der Waals surface area (Å²) in [5.74, 6) is 0.592. The third-order valence-corrected chi connectivity index (χ3v) is 3.33. The second kappa shape index (κ2) is 5.38. The maximum atomic E-state index is 13.6. The van der Waals surface area contributed by atoms with Gasteiger partial charge in [-0.2, -0.15) is 0 Å². The number of hydrogen-bond acceptors (Lipinski definition) is 3. The maximum Gasteiger partial charge on any atom is 0.160 e. The Morgan fingerprint density at radius 1 is 1.15 bits per heavy atom. The fourth-order valence-corrected chi connectivity index (χ4v) is 2.33. The molecule has 0 fully saturated rings. The summed E-state index contributed by atoms with van der Waals surface area (Å²) in [4.78, 5) is 8.78. The Kier molecular flexibility index (Phi) is 3.43. The summed E-state index contributed by atoms with van der Waals surface area (Å²) >= 11 is 0. The number of pyridine rings is 1. The molecule has 0 aliphatic carbocycles. The Morgan fingerprint density at radius 3 is 2.80 bits per heavy atom. The van der Waals surface area contributed by atoms with Crippen molar-refractivity contribution in [3.63, 3.8) is 0 Å². The van der Waals surface area contributed by atoms with Gasteiger partial charge in [0, 0.05) is 12.7 Å². The molecule has 0 aliphatic rings. The highest BCUT2D eigenvalue weighted by molar-refractivity contribution is 5.71. The van der Waals surface area contributed by atoms with E-state index in [0.29, 0.717) is 25.1 Å². The Balaban J connectivity index is 1.92. The van der Waals surface area contributed by atoms with Crippen LogP contribution in [0.15, 0.2) is 42.6 Å². The lowest BCUT2D eigenvalue weighted by Gasteiger charge is -2.08. The minimum atomic E-state index is -0.181. The highest BCUT2D eigenvalue weighted by atomic mass is 19.1. The van der Waals surface area contributed by atoms with E-state index >= 15 is 0 Å². The van der Waals surface area contributed by atoms with E-state index in [0.717, 1.165) is 17.0 Å². The smallest absolute Gasteiger partial charge is 0.160 e. The summed E-state index contributed by atoms with van der Waals surface area (Å²) in [5.41, 5.74) is 8.03. The Labute approximate surface area is 116 Å². The molecule has 0 atom stereocenters. The van der Waals surface area contributed by atoms with Crippen molar-refractivity contribution in [3.05, 3.63) is 59.8 Å². The van der Waals surface area contributed by atoms with Crippen LogP contribution in [-0.4, -0.2) is 14.5 Å². The SMILES string of the molecule is NCc1nc2cccnc2n1CCc1ccccc1F. The lowest BCUT2D eigenvalue weighted by molar-refractivity contribution is 0.589. The maximum absolute atomic E-state index is 13.6. The first kappa shape index (κ1) is 12.7. The molecule has 1 aromatic carbocycles. The van der Waals surface area contributed by atoms with Gasteiger partial charge in [0.05, 0.1) is 6.54 Å². The quantitative estimate of drug-likeness (QED) is 0.791. The van der Waals surface area contributed by atoms with Crippen molar-refractivity contribution in [3.8, 4) is 0 Å². The minimum absolute atomic E-state index is 0.181. The molecular weight excluding hydrogens is 255 g/mol. The molecule has 0 unspecified atom stereocenters. The van der Waals surface area contributed by atoms with Crippen LogP contribution in [0.5, 0.6) is 0 Å².